The van der Waals surface area contributed by atoms with Crippen LogP contribution in [0.1, 0.15) is 16.3 Å². The maximum Gasteiger partial charge on any atom is 0.434 e. The van der Waals surface area contributed by atoms with Crippen LogP contribution in [0.5, 0.6) is 5.75 Å². The number of nitrogens with one attached hydrogen (secondary N) is 2. The number of hydrogen-bond acceptors (Lipinski definition) is 4. The molecule has 0 aliphatic heterocycles. The van der Waals surface area contributed by atoms with E-state index >= 15 is 0 Å². The maximum atomic E-state index is 12.5. The molecule has 1 aromatic heterocycles. The van der Waals surface area contributed by atoms with Crippen molar-refractivity contribution >= 4 is 17.3 Å². The Morgan fingerprint density at radius 3 is 2.62 bits per heavy atom. The molecule has 0 saturated carbocycles. The van der Waals surface area contributed by atoms with Gasteiger partial charge in [-0.15, -0.1) is 11.3 Å². The van der Waals surface area contributed by atoms with Gasteiger partial charge in [0.15, 0.2) is 11.7 Å². The first-order valence-electron chi connectivity index (χ1n) is 8.04. The molecule has 1 aromatic carbocycles. The molecule has 5 nitrogen and oxygen atoms in total. The van der Waals surface area contributed by atoms with Gasteiger partial charge in [-0.05, 0) is 18.6 Å². The molecule has 2 rings (SSSR count). The molecule has 0 aliphatic rings. The number of alkyl halides is 3. The first-order chi connectivity index (χ1) is 12.4. The summed E-state index contributed by atoms with van der Waals surface area (Å²) in [5.74, 6) is 1.40. The number of halogens is 3. The van der Waals surface area contributed by atoms with E-state index in [1.807, 2.05) is 31.2 Å². The highest BCUT2D eigenvalue weighted by Crippen LogP contribution is 2.29. The van der Waals surface area contributed by atoms with Crippen molar-refractivity contribution in [3.05, 3.63) is 45.9 Å². The van der Waals surface area contributed by atoms with E-state index in [1.54, 1.807) is 7.05 Å². The topological polar surface area (TPSA) is 58.5 Å². The van der Waals surface area contributed by atoms with Gasteiger partial charge in [-0.2, -0.15) is 13.2 Å². The lowest BCUT2D eigenvalue weighted by molar-refractivity contribution is -0.140. The Bertz CT molecular complexity index is 731. The molecule has 0 aliphatic carbocycles. The standard InChI is InChI=1S/C17H21F3N4OS/c1-12-5-3-4-6-13(12)25-10-9-23-16(21-2)22-8-7-15-24-14(11-26-15)17(18,19)20/h3-6,11H,7-10H2,1-2H3,(H2,21,22,23). The highest BCUT2D eigenvalue weighted by atomic mass is 32.1. The highest BCUT2D eigenvalue weighted by molar-refractivity contribution is 7.09. The summed E-state index contributed by atoms with van der Waals surface area (Å²) in [6.07, 6.45) is -4.00. The van der Waals surface area contributed by atoms with E-state index in [0.717, 1.165) is 28.0 Å². The van der Waals surface area contributed by atoms with Crippen LogP contribution in [0.2, 0.25) is 0 Å². The van der Waals surface area contributed by atoms with E-state index in [2.05, 4.69) is 20.6 Å². The largest absolute Gasteiger partial charge is 0.491 e. The van der Waals surface area contributed by atoms with E-state index in [9.17, 15) is 13.2 Å². The van der Waals surface area contributed by atoms with E-state index in [1.165, 1.54) is 0 Å². The van der Waals surface area contributed by atoms with Crippen LogP contribution in [-0.4, -0.2) is 37.7 Å². The predicted molar refractivity (Wildman–Crippen MR) is 96.9 cm³/mol. The summed E-state index contributed by atoms with van der Waals surface area (Å²) in [5, 5.41) is 7.60. The first-order valence-corrected chi connectivity index (χ1v) is 8.92. The van der Waals surface area contributed by atoms with E-state index in [4.69, 9.17) is 4.74 Å². The highest BCUT2D eigenvalue weighted by Gasteiger charge is 2.33. The van der Waals surface area contributed by atoms with Gasteiger partial charge in [-0.3, -0.25) is 4.99 Å². The molecular weight excluding hydrogens is 365 g/mol. The second-order valence-electron chi connectivity index (χ2n) is 5.41. The van der Waals surface area contributed by atoms with Crippen molar-refractivity contribution in [1.82, 2.24) is 15.6 Å². The number of aryl methyl sites for hydroxylation is 1. The second-order valence-corrected chi connectivity index (χ2v) is 6.36. The Labute approximate surface area is 154 Å². The van der Waals surface area contributed by atoms with Crippen molar-refractivity contribution in [3.8, 4) is 5.75 Å². The van der Waals surface area contributed by atoms with Crippen molar-refractivity contribution in [3.63, 3.8) is 0 Å². The number of thiazole rings is 1. The summed E-state index contributed by atoms with van der Waals surface area (Å²) in [4.78, 5) is 7.66. The minimum Gasteiger partial charge on any atom is -0.491 e. The molecule has 26 heavy (non-hydrogen) atoms. The summed E-state index contributed by atoms with van der Waals surface area (Å²) >= 11 is 1.00. The number of benzene rings is 1. The quantitative estimate of drug-likeness (QED) is 0.436. The molecule has 1 heterocycles. The van der Waals surface area contributed by atoms with Crippen LogP contribution in [0.25, 0.3) is 0 Å². The van der Waals surface area contributed by atoms with Crippen LogP contribution in [0.3, 0.4) is 0 Å². The monoisotopic (exact) mass is 386 g/mol. The molecule has 0 saturated heterocycles. The first kappa shape index (κ1) is 20.0. The molecule has 0 atom stereocenters. The maximum absolute atomic E-state index is 12.5. The normalized spacial score (nSPS) is 12.1. The number of rotatable bonds is 7. The Morgan fingerprint density at radius 1 is 1.23 bits per heavy atom. The third kappa shape index (κ3) is 6.21. The molecule has 0 spiro atoms. The van der Waals surface area contributed by atoms with Gasteiger partial charge in [0.05, 0.1) is 11.6 Å². The zero-order chi connectivity index (χ0) is 19.0. The minimum absolute atomic E-state index is 0.390. The van der Waals surface area contributed by atoms with E-state index in [0.29, 0.717) is 37.1 Å². The predicted octanol–water partition coefficient (Wildman–Crippen LogP) is 3.26. The van der Waals surface area contributed by atoms with Gasteiger partial charge in [0.1, 0.15) is 12.4 Å². The van der Waals surface area contributed by atoms with E-state index < -0.39 is 11.9 Å². The Hall–Kier alpha value is -2.29. The van der Waals surface area contributed by atoms with Crippen LogP contribution in [0.15, 0.2) is 34.6 Å². The number of nitrogens with zero attached hydrogens (tertiary/aromatic N) is 2. The third-order valence-electron chi connectivity index (χ3n) is 3.44. The number of aliphatic imine (C=N–C) groups is 1. The zero-order valence-corrected chi connectivity index (χ0v) is 15.4. The van der Waals surface area contributed by atoms with Gasteiger partial charge in [-0.1, -0.05) is 18.2 Å². The zero-order valence-electron chi connectivity index (χ0n) is 14.6. The van der Waals surface area contributed by atoms with Crippen molar-refractivity contribution in [2.45, 2.75) is 19.5 Å². The molecule has 0 radical (unpaired) electrons. The molecule has 2 N–H and O–H groups in total. The fourth-order valence-electron chi connectivity index (χ4n) is 2.11. The lowest BCUT2D eigenvalue weighted by Crippen LogP contribution is -2.40. The number of ether oxygens (including phenoxy) is 1. The van der Waals surface area contributed by atoms with Gasteiger partial charge in [0, 0.05) is 25.4 Å². The van der Waals surface area contributed by atoms with Crippen molar-refractivity contribution in [2.24, 2.45) is 4.99 Å². The molecule has 2 aromatic rings. The smallest absolute Gasteiger partial charge is 0.434 e. The second kappa shape index (κ2) is 9.42. The summed E-state index contributed by atoms with van der Waals surface area (Å²) in [6.45, 7) is 3.42. The molecule has 0 fully saturated rings. The van der Waals surface area contributed by atoms with E-state index in [-0.39, 0.29) is 0 Å². The fraction of sp³-hybridized carbons (Fsp3) is 0.412. The minimum atomic E-state index is -4.39. The number of guanidine groups is 1. The van der Waals surface area contributed by atoms with Crippen LogP contribution >= 0.6 is 11.3 Å². The molecule has 142 valence electrons. The van der Waals surface area contributed by atoms with Crippen LogP contribution in [0, 0.1) is 6.92 Å². The van der Waals surface area contributed by atoms with Crippen molar-refractivity contribution < 1.29 is 17.9 Å². The van der Waals surface area contributed by atoms with Gasteiger partial charge in [0.25, 0.3) is 0 Å². The summed E-state index contributed by atoms with van der Waals surface area (Å²) in [5.41, 5.74) is 0.227. The number of aromatic nitrogens is 1. The summed E-state index contributed by atoms with van der Waals surface area (Å²) < 4.78 is 43.2. The molecule has 0 unspecified atom stereocenters. The average Bonchev–Trinajstić information content (AvgIpc) is 3.07. The fourth-order valence-corrected chi connectivity index (χ4v) is 2.92. The average molecular weight is 386 g/mol. The Balaban J connectivity index is 1.68. The van der Waals surface area contributed by atoms with Crippen molar-refractivity contribution in [1.29, 1.82) is 0 Å². The van der Waals surface area contributed by atoms with Gasteiger partial charge >= 0.3 is 6.18 Å². The summed E-state index contributed by atoms with van der Waals surface area (Å²) in [7, 11) is 1.63. The van der Waals surface area contributed by atoms with Crippen LogP contribution in [-0.2, 0) is 12.6 Å². The van der Waals surface area contributed by atoms with Crippen LogP contribution < -0.4 is 15.4 Å². The molecular formula is C17H21F3N4OS. The molecule has 0 bridgehead atoms. The number of hydrogen-bond donors (Lipinski definition) is 2. The Kier molecular flexibility index (Phi) is 7.26. The lowest BCUT2D eigenvalue weighted by atomic mass is 10.2. The SMILES string of the molecule is CN=C(NCCOc1ccccc1C)NCCc1nc(C(F)(F)F)cs1. The van der Waals surface area contributed by atoms with Gasteiger partial charge in [0.2, 0.25) is 0 Å². The van der Waals surface area contributed by atoms with Crippen molar-refractivity contribution in [2.75, 3.05) is 26.7 Å². The van der Waals surface area contributed by atoms with Gasteiger partial charge in [-0.25, -0.2) is 4.98 Å². The third-order valence-corrected chi connectivity index (χ3v) is 4.35. The van der Waals surface area contributed by atoms with Gasteiger partial charge < -0.3 is 15.4 Å². The lowest BCUT2D eigenvalue weighted by Gasteiger charge is -2.13. The van der Waals surface area contributed by atoms with Crippen LogP contribution in [0.4, 0.5) is 13.2 Å². The molecule has 9 heteroatoms. The summed E-state index contributed by atoms with van der Waals surface area (Å²) in [6, 6.07) is 7.75. The number of para-hydroxylation sites is 1. The Morgan fingerprint density at radius 2 is 1.96 bits per heavy atom. The molecule has 0 amide bonds.